The summed E-state index contributed by atoms with van der Waals surface area (Å²) in [6.07, 6.45) is 14.1. The fraction of sp³-hybridized carbons (Fsp3) is 1.00. The molecule has 0 radical (unpaired) electrons. The molecule has 0 saturated heterocycles. The van der Waals surface area contributed by atoms with Crippen molar-refractivity contribution in [2.24, 2.45) is 11.8 Å². The van der Waals surface area contributed by atoms with Crippen molar-refractivity contribution in [1.29, 1.82) is 0 Å². The lowest BCUT2D eigenvalue weighted by molar-refractivity contribution is -0.689. The van der Waals surface area contributed by atoms with Crippen molar-refractivity contribution in [3.8, 4) is 0 Å². The molecule has 2 atom stereocenters. The molecule has 0 amide bonds. The van der Waals surface area contributed by atoms with E-state index in [-0.39, 0.29) is 17.0 Å². The summed E-state index contributed by atoms with van der Waals surface area (Å²) in [5.41, 5.74) is 0. The molecule has 130 valence electrons. The SMILES string of the molecule is CCCCC(CC)CC(CC(CC)CCCC)[NH2+]CC.[Br-]. The predicted octanol–water partition coefficient (Wildman–Crippen LogP) is 2.16. The molecule has 0 aromatic heterocycles. The Hall–Kier alpha value is 0.440. The molecule has 0 heterocycles. The van der Waals surface area contributed by atoms with Gasteiger partial charge in [-0.05, 0) is 18.8 Å². The summed E-state index contributed by atoms with van der Waals surface area (Å²) in [6.45, 7) is 13.0. The second-order valence-electron chi connectivity index (χ2n) is 6.71. The molecule has 2 heteroatoms. The third-order valence-corrected chi connectivity index (χ3v) is 4.93. The van der Waals surface area contributed by atoms with Gasteiger partial charge in [0.2, 0.25) is 0 Å². The van der Waals surface area contributed by atoms with Crippen molar-refractivity contribution >= 4 is 0 Å². The highest BCUT2D eigenvalue weighted by atomic mass is 79.9. The Morgan fingerprint density at radius 3 is 1.43 bits per heavy atom. The summed E-state index contributed by atoms with van der Waals surface area (Å²) in [5.74, 6) is 1.93. The Morgan fingerprint density at radius 1 is 0.714 bits per heavy atom. The van der Waals surface area contributed by atoms with Crippen molar-refractivity contribution in [3.05, 3.63) is 0 Å². The lowest BCUT2D eigenvalue weighted by atomic mass is 9.85. The third kappa shape index (κ3) is 12.6. The van der Waals surface area contributed by atoms with Crippen LogP contribution in [0.1, 0.15) is 98.8 Å². The first-order chi connectivity index (χ1) is 9.71. The van der Waals surface area contributed by atoms with E-state index >= 15 is 0 Å². The third-order valence-electron chi connectivity index (χ3n) is 4.93. The van der Waals surface area contributed by atoms with Gasteiger partial charge in [-0.15, -0.1) is 0 Å². The van der Waals surface area contributed by atoms with E-state index < -0.39 is 0 Å². The smallest absolute Gasteiger partial charge is 0.0864 e. The molecule has 0 fully saturated rings. The monoisotopic (exact) mass is 363 g/mol. The Balaban J connectivity index is 0. The van der Waals surface area contributed by atoms with E-state index in [2.05, 4.69) is 39.9 Å². The van der Waals surface area contributed by atoms with Gasteiger partial charge in [-0.1, -0.05) is 79.1 Å². The zero-order valence-corrected chi connectivity index (χ0v) is 17.1. The van der Waals surface area contributed by atoms with E-state index in [0.29, 0.717) is 0 Å². The van der Waals surface area contributed by atoms with Crippen LogP contribution in [0.25, 0.3) is 0 Å². The average molecular weight is 364 g/mol. The van der Waals surface area contributed by atoms with Crippen LogP contribution >= 0.6 is 0 Å². The zero-order chi connectivity index (χ0) is 15.2. The molecule has 2 N–H and O–H groups in total. The van der Waals surface area contributed by atoms with Gasteiger partial charge >= 0.3 is 0 Å². The quantitative estimate of drug-likeness (QED) is 0.486. The summed E-state index contributed by atoms with van der Waals surface area (Å²) in [4.78, 5) is 0. The number of nitrogens with two attached hydrogens (primary N) is 1. The van der Waals surface area contributed by atoms with Crippen LogP contribution in [0.15, 0.2) is 0 Å². The number of rotatable bonds is 14. The molecule has 0 rings (SSSR count). The summed E-state index contributed by atoms with van der Waals surface area (Å²) in [7, 11) is 0. The van der Waals surface area contributed by atoms with Crippen LogP contribution in [-0.2, 0) is 0 Å². The molecule has 21 heavy (non-hydrogen) atoms. The van der Waals surface area contributed by atoms with Crippen LogP contribution in [0.4, 0.5) is 0 Å². The number of quaternary nitrogens is 1. The minimum absolute atomic E-state index is 0. The van der Waals surface area contributed by atoms with Crippen molar-refractivity contribution in [3.63, 3.8) is 0 Å². The zero-order valence-electron chi connectivity index (χ0n) is 15.5. The van der Waals surface area contributed by atoms with Gasteiger partial charge in [-0.2, -0.15) is 0 Å². The topological polar surface area (TPSA) is 16.6 Å². The van der Waals surface area contributed by atoms with E-state index in [1.807, 2.05) is 0 Å². The number of unbranched alkanes of at least 4 members (excludes halogenated alkanes) is 2. The van der Waals surface area contributed by atoms with Crippen LogP contribution in [0.2, 0.25) is 0 Å². The average Bonchev–Trinajstić information content (AvgIpc) is 2.47. The van der Waals surface area contributed by atoms with Crippen molar-refractivity contribution in [1.82, 2.24) is 0 Å². The molecule has 0 saturated carbocycles. The Morgan fingerprint density at radius 2 is 1.14 bits per heavy atom. The molecule has 0 aromatic rings. The van der Waals surface area contributed by atoms with Crippen LogP contribution in [-0.4, -0.2) is 12.6 Å². The van der Waals surface area contributed by atoms with Crippen LogP contribution in [0.5, 0.6) is 0 Å². The highest BCUT2D eigenvalue weighted by Gasteiger charge is 2.20. The van der Waals surface area contributed by atoms with Gasteiger partial charge < -0.3 is 22.3 Å². The molecule has 0 aliphatic heterocycles. The van der Waals surface area contributed by atoms with Crippen LogP contribution < -0.4 is 22.3 Å². The van der Waals surface area contributed by atoms with Gasteiger partial charge in [0.25, 0.3) is 0 Å². The minimum Gasteiger partial charge on any atom is -1.00 e. The predicted molar refractivity (Wildman–Crippen MR) is 92.1 cm³/mol. The first-order valence-electron chi connectivity index (χ1n) is 9.54. The van der Waals surface area contributed by atoms with Crippen molar-refractivity contribution < 1.29 is 22.3 Å². The van der Waals surface area contributed by atoms with Gasteiger partial charge in [0.1, 0.15) is 0 Å². The maximum absolute atomic E-state index is 2.61. The largest absolute Gasteiger partial charge is 1.00 e. The Kier molecular flexibility index (Phi) is 19.0. The van der Waals surface area contributed by atoms with E-state index in [1.54, 1.807) is 0 Å². The first-order valence-corrected chi connectivity index (χ1v) is 9.54. The summed E-state index contributed by atoms with van der Waals surface area (Å²) < 4.78 is 0. The molecule has 0 aliphatic rings. The molecule has 2 unspecified atom stereocenters. The van der Waals surface area contributed by atoms with E-state index in [1.165, 1.54) is 70.8 Å². The lowest BCUT2D eigenvalue weighted by Crippen LogP contribution is -3.00. The molecule has 0 bridgehead atoms. The second-order valence-corrected chi connectivity index (χ2v) is 6.71. The molecular formula is C19H42BrN. The Labute approximate surface area is 145 Å². The number of hydrogen-bond donors (Lipinski definition) is 1. The van der Waals surface area contributed by atoms with E-state index in [9.17, 15) is 0 Å². The Bertz CT molecular complexity index is 178. The number of hydrogen-bond acceptors (Lipinski definition) is 0. The summed E-state index contributed by atoms with van der Waals surface area (Å²) >= 11 is 0. The second kappa shape index (κ2) is 16.8. The highest BCUT2D eigenvalue weighted by Crippen LogP contribution is 2.23. The molecular weight excluding hydrogens is 322 g/mol. The van der Waals surface area contributed by atoms with Gasteiger partial charge in [0.05, 0.1) is 12.6 Å². The van der Waals surface area contributed by atoms with Crippen molar-refractivity contribution in [2.45, 2.75) is 105 Å². The van der Waals surface area contributed by atoms with Gasteiger partial charge in [0, 0.05) is 12.8 Å². The molecule has 0 aromatic carbocycles. The fourth-order valence-electron chi connectivity index (χ4n) is 3.44. The standard InChI is InChI=1S/C19H41N.BrH/c1-6-11-13-17(8-3)15-19(20-10-5)16-18(9-4)14-12-7-2;/h17-20H,6-16H2,1-5H3;1H. The van der Waals surface area contributed by atoms with E-state index in [4.69, 9.17) is 0 Å². The van der Waals surface area contributed by atoms with E-state index in [0.717, 1.165) is 17.9 Å². The van der Waals surface area contributed by atoms with Gasteiger partial charge in [0.15, 0.2) is 0 Å². The normalized spacial score (nSPS) is 15.3. The lowest BCUT2D eigenvalue weighted by Gasteiger charge is -2.25. The first kappa shape index (κ1) is 23.7. The van der Waals surface area contributed by atoms with Gasteiger partial charge in [-0.25, -0.2) is 0 Å². The minimum atomic E-state index is 0. The molecule has 0 spiro atoms. The van der Waals surface area contributed by atoms with Crippen LogP contribution in [0.3, 0.4) is 0 Å². The van der Waals surface area contributed by atoms with Crippen molar-refractivity contribution in [2.75, 3.05) is 6.54 Å². The highest BCUT2D eigenvalue weighted by molar-refractivity contribution is 4.69. The number of halogens is 1. The summed E-state index contributed by atoms with van der Waals surface area (Å²) in [6, 6.07) is 0.878. The van der Waals surface area contributed by atoms with Gasteiger partial charge in [-0.3, -0.25) is 0 Å². The summed E-state index contributed by atoms with van der Waals surface area (Å²) in [5, 5.41) is 2.61. The molecule has 1 nitrogen and oxygen atoms in total. The maximum Gasteiger partial charge on any atom is 0.0864 e. The van der Waals surface area contributed by atoms with Crippen LogP contribution in [0, 0.1) is 11.8 Å². The maximum atomic E-state index is 2.61. The fourth-order valence-corrected chi connectivity index (χ4v) is 3.44. The molecule has 0 aliphatic carbocycles.